The number of carboxylic acids is 1. The fourth-order valence-electron chi connectivity index (χ4n) is 2.51. The molecule has 1 amide bonds. The lowest BCUT2D eigenvalue weighted by Gasteiger charge is -2.23. The van der Waals surface area contributed by atoms with Gasteiger partial charge in [-0.1, -0.05) is 0 Å². The van der Waals surface area contributed by atoms with Gasteiger partial charge in [0, 0.05) is 18.0 Å². The number of halogens is 2. The number of carbonyl (C=O) groups excluding carboxylic acids is 1. The lowest BCUT2D eigenvalue weighted by atomic mass is 10.2. The molecule has 1 aliphatic rings. The van der Waals surface area contributed by atoms with E-state index < -0.39 is 29.6 Å². The first-order chi connectivity index (χ1) is 11.4. The molecule has 0 saturated carbocycles. The second kappa shape index (κ2) is 6.23. The molecule has 126 valence electrons. The molecule has 9 heteroatoms. The number of amides is 1. The van der Waals surface area contributed by atoms with Gasteiger partial charge < -0.3 is 10.0 Å². The Labute approximate surface area is 140 Å². The van der Waals surface area contributed by atoms with Gasteiger partial charge in [-0.3, -0.25) is 4.79 Å². The first-order valence-electron chi connectivity index (χ1n) is 7.06. The minimum absolute atomic E-state index is 0.0285. The molecule has 2 heterocycles. The highest BCUT2D eigenvalue weighted by Crippen LogP contribution is 2.30. The van der Waals surface area contributed by atoms with Crippen LogP contribution >= 0.6 is 11.8 Å². The molecule has 0 bridgehead atoms. The molecular formula is C15H13F2N3O3S. The SMILES string of the molecule is CC1SCC(C(=O)O)N1C(=O)c1ccn(-c2cc(F)ccc2F)n1. The van der Waals surface area contributed by atoms with Gasteiger partial charge in [-0.2, -0.15) is 5.10 Å². The second-order valence-corrected chi connectivity index (χ2v) is 6.59. The van der Waals surface area contributed by atoms with Crippen LogP contribution in [0.1, 0.15) is 17.4 Å². The van der Waals surface area contributed by atoms with Crippen LogP contribution in [0.4, 0.5) is 8.78 Å². The van der Waals surface area contributed by atoms with Gasteiger partial charge in [-0.15, -0.1) is 11.8 Å². The van der Waals surface area contributed by atoms with Crippen LogP contribution in [0.3, 0.4) is 0 Å². The normalized spacial score (nSPS) is 20.4. The average molecular weight is 353 g/mol. The summed E-state index contributed by atoms with van der Waals surface area (Å²) < 4.78 is 28.1. The molecule has 2 unspecified atom stereocenters. The Kier molecular flexibility index (Phi) is 4.27. The largest absolute Gasteiger partial charge is 0.480 e. The third kappa shape index (κ3) is 2.86. The molecule has 1 aromatic carbocycles. The number of carbonyl (C=O) groups is 2. The Morgan fingerprint density at radius 2 is 2.08 bits per heavy atom. The number of hydrogen-bond donors (Lipinski definition) is 1. The third-order valence-corrected chi connectivity index (χ3v) is 4.92. The van der Waals surface area contributed by atoms with E-state index in [1.54, 1.807) is 6.92 Å². The summed E-state index contributed by atoms with van der Waals surface area (Å²) in [4.78, 5) is 25.1. The van der Waals surface area contributed by atoms with Crippen LogP contribution in [-0.4, -0.2) is 48.8 Å². The van der Waals surface area contributed by atoms with Crippen molar-refractivity contribution in [3.05, 3.63) is 47.8 Å². The predicted molar refractivity (Wildman–Crippen MR) is 83.0 cm³/mol. The molecule has 3 rings (SSSR count). The van der Waals surface area contributed by atoms with Gasteiger partial charge in [-0.05, 0) is 25.1 Å². The summed E-state index contributed by atoms with van der Waals surface area (Å²) in [6.45, 7) is 1.73. The zero-order valence-electron chi connectivity index (χ0n) is 12.5. The minimum Gasteiger partial charge on any atom is -0.480 e. The van der Waals surface area contributed by atoms with Gasteiger partial charge in [0.2, 0.25) is 0 Å². The number of aromatic nitrogens is 2. The molecule has 0 radical (unpaired) electrons. The van der Waals surface area contributed by atoms with Crippen molar-refractivity contribution < 1.29 is 23.5 Å². The fraction of sp³-hybridized carbons (Fsp3) is 0.267. The first kappa shape index (κ1) is 16.4. The molecule has 2 atom stereocenters. The van der Waals surface area contributed by atoms with Crippen molar-refractivity contribution in [2.75, 3.05) is 5.75 Å². The van der Waals surface area contributed by atoms with Crippen molar-refractivity contribution in [2.24, 2.45) is 0 Å². The van der Waals surface area contributed by atoms with E-state index in [-0.39, 0.29) is 16.8 Å². The van der Waals surface area contributed by atoms with E-state index in [4.69, 9.17) is 0 Å². The van der Waals surface area contributed by atoms with Crippen LogP contribution in [0.25, 0.3) is 5.69 Å². The first-order valence-corrected chi connectivity index (χ1v) is 8.11. The molecular weight excluding hydrogens is 340 g/mol. The molecule has 1 fully saturated rings. The highest BCUT2D eigenvalue weighted by molar-refractivity contribution is 8.00. The van der Waals surface area contributed by atoms with E-state index in [0.717, 1.165) is 22.9 Å². The van der Waals surface area contributed by atoms with Crippen molar-refractivity contribution in [3.63, 3.8) is 0 Å². The average Bonchev–Trinajstić information content (AvgIpc) is 3.16. The molecule has 1 N–H and O–H groups in total. The molecule has 24 heavy (non-hydrogen) atoms. The summed E-state index contributed by atoms with van der Waals surface area (Å²) in [5, 5.41) is 12.9. The highest BCUT2D eigenvalue weighted by Gasteiger charge is 2.40. The van der Waals surface area contributed by atoms with Crippen LogP contribution in [0.2, 0.25) is 0 Å². The highest BCUT2D eigenvalue weighted by atomic mass is 32.2. The molecule has 2 aromatic rings. The number of benzene rings is 1. The van der Waals surface area contributed by atoms with E-state index in [1.165, 1.54) is 28.9 Å². The number of aliphatic carboxylic acids is 1. The molecule has 1 aliphatic heterocycles. The molecule has 1 aromatic heterocycles. The zero-order chi connectivity index (χ0) is 17.4. The Bertz CT molecular complexity index is 811. The Hall–Kier alpha value is -2.42. The number of carboxylic acid groups (broad SMARTS) is 1. The summed E-state index contributed by atoms with van der Waals surface area (Å²) in [5.74, 6) is -2.68. The lowest BCUT2D eigenvalue weighted by Crippen LogP contribution is -2.44. The Balaban J connectivity index is 1.91. The van der Waals surface area contributed by atoms with E-state index in [0.29, 0.717) is 5.75 Å². The van der Waals surface area contributed by atoms with E-state index in [1.807, 2.05) is 0 Å². The second-order valence-electron chi connectivity index (χ2n) is 5.24. The van der Waals surface area contributed by atoms with Gasteiger partial charge in [-0.25, -0.2) is 18.3 Å². The van der Waals surface area contributed by atoms with Crippen LogP contribution in [0.15, 0.2) is 30.5 Å². The number of rotatable bonds is 3. The Morgan fingerprint density at radius 3 is 2.79 bits per heavy atom. The maximum absolute atomic E-state index is 13.8. The zero-order valence-corrected chi connectivity index (χ0v) is 13.3. The van der Waals surface area contributed by atoms with Crippen molar-refractivity contribution >= 4 is 23.6 Å². The lowest BCUT2D eigenvalue weighted by molar-refractivity contribution is -0.141. The maximum atomic E-state index is 13.8. The van der Waals surface area contributed by atoms with E-state index in [2.05, 4.69) is 5.10 Å². The number of thioether (sulfide) groups is 1. The summed E-state index contributed by atoms with van der Waals surface area (Å²) >= 11 is 1.35. The maximum Gasteiger partial charge on any atom is 0.327 e. The monoisotopic (exact) mass is 353 g/mol. The van der Waals surface area contributed by atoms with E-state index >= 15 is 0 Å². The standard InChI is InChI=1S/C15H13F2N3O3S/c1-8-20(13(7-24-8)15(22)23)14(21)11-4-5-19(18-11)12-6-9(16)2-3-10(12)17/h2-6,8,13H,7H2,1H3,(H,22,23). The van der Waals surface area contributed by atoms with Gasteiger partial charge in [0.15, 0.2) is 5.69 Å². The summed E-state index contributed by atoms with van der Waals surface area (Å²) in [5.41, 5.74) is -0.160. The summed E-state index contributed by atoms with van der Waals surface area (Å²) in [6, 6.07) is 3.32. The third-order valence-electron chi connectivity index (χ3n) is 3.71. The smallest absolute Gasteiger partial charge is 0.327 e. The predicted octanol–water partition coefficient (Wildman–Crippen LogP) is 2.14. The molecule has 0 aliphatic carbocycles. The summed E-state index contributed by atoms with van der Waals surface area (Å²) in [6.07, 6.45) is 1.33. The molecule has 0 spiro atoms. The van der Waals surface area contributed by atoms with Crippen molar-refractivity contribution in [1.29, 1.82) is 0 Å². The van der Waals surface area contributed by atoms with Crippen LogP contribution in [0, 0.1) is 11.6 Å². The van der Waals surface area contributed by atoms with Crippen LogP contribution < -0.4 is 0 Å². The van der Waals surface area contributed by atoms with Gasteiger partial charge >= 0.3 is 5.97 Å². The van der Waals surface area contributed by atoms with E-state index in [9.17, 15) is 23.5 Å². The topological polar surface area (TPSA) is 75.4 Å². The number of nitrogens with zero attached hydrogens (tertiary/aromatic N) is 3. The van der Waals surface area contributed by atoms with Crippen LogP contribution in [0.5, 0.6) is 0 Å². The van der Waals surface area contributed by atoms with Crippen molar-refractivity contribution in [3.8, 4) is 5.69 Å². The quantitative estimate of drug-likeness (QED) is 0.915. The van der Waals surface area contributed by atoms with Crippen molar-refractivity contribution in [2.45, 2.75) is 18.3 Å². The van der Waals surface area contributed by atoms with Crippen LogP contribution in [-0.2, 0) is 4.79 Å². The summed E-state index contributed by atoms with van der Waals surface area (Å²) in [7, 11) is 0. The van der Waals surface area contributed by atoms with Gasteiger partial charge in [0.1, 0.15) is 23.4 Å². The molecule has 6 nitrogen and oxygen atoms in total. The molecule has 1 saturated heterocycles. The van der Waals surface area contributed by atoms with Gasteiger partial charge in [0.05, 0.1) is 5.37 Å². The van der Waals surface area contributed by atoms with Gasteiger partial charge in [0.25, 0.3) is 5.91 Å². The van der Waals surface area contributed by atoms with Crippen molar-refractivity contribution in [1.82, 2.24) is 14.7 Å². The number of hydrogen-bond acceptors (Lipinski definition) is 4. The fourth-order valence-corrected chi connectivity index (χ4v) is 3.67. The Morgan fingerprint density at radius 1 is 1.33 bits per heavy atom. The minimum atomic E-state index is -1.09.